The molecule has 0 bridgehead atoms. The summed E-state index contributed by atoms with van der Waals surface area (Å²) >= 11 is 0. The van der Waals surface area contributed by atoms with Gasteiger partial charge < -0.3 is 18.9 Å². The van der Waals surface area contributed by atoms with Crippen LogP contribution in [0.5, 0.6) is 0 Å². The van der Waals surface area contributed by atoms with E-state index in [4.69, 9.17) is 18.9 Å². The Kier molecular flexibility index (Phi) is 6.99. The molecule has 0 aliphatic heterocycles. The summed E-state index contributed by atoms with van der Waals surface area (Å²) in [7, 11) is 2.50. The van der Waals surface area contributed by atoms with E-state index in [1.807, 2.05) is 0 Å². The average Bonchev–Trinajstić information content (AvgIpc) is 2.87. The van der Waals surface area contributed by atoms with Gasteiger partial charge in [0.05, 0.1) is 39.3 Å². The van der Waals surface area contributed by atoms with E-state index in [9.17, 15) is 19.2 Å². The highest BCUT2D eigenvalue weighted by Crippen LogP contribution is 2.43. The molecule has 8 nitrogen and oxygen atoms in total. The molecule has 1 saturated carbocycles. The summed E-state index contributed by atoms with van der Waals surface area (Å²) in [6, 6.07) is 0. The lowest BCUT2D eigenvalue weighted by atomic mass is 9.88. The Morgan fingerprint density at radius 3 is 1.39 bits per heavy atom. The van der Waals surface area contributed by atoms with Crippen molar-refractivity contribution >= 4 is 23.9 Å². The van der Waals surface area contributed by atoms with Gasteiger partial charge in [0.1, 0.15) is 0 Å². The first-order valence-electron chi connectivity index (χ1n) is 7.24. The molecule has 0 saturated heterocycles. The van der Waals surface area contributed by atoms with Crippen LogP contribution in [0.2, 0.25) is 0 Å². The van der Waals surface area contributed by atoms with Crippen molar-refractivity contribution < 1.29 is 38.1 Å². The molecule has 0 amide bonds. The fourth-order valence-electron chi connectivity index (χ4n) is 2.97. The number of methoxy groups -OCH3 is 2. The lowest BCUT2D eigenvalue weighted by Crippen LogP contribution is -2.33. The van der Waals surface area contributed by atoms with Crippen LogP contribution >= 0.6 is 0 Å². The molecule has 0 aromatic rings. The van der Waals surface area contributed by atoms with Crippen LogP contribution < -0.4 is 0 Å². The van der Waals surface area contributed by atoms with E-state index in [1.165, 1.54) is 28.1 Å². The van der Waals surface area contributed by atoms with Gasteiger partial charge in [-0.15, -0.1) is 0 Å². The first-order valence-corrected chi connectivity index (χ1v) is 7.24. The zero-order chi connectivity index (χ0) is 17.6. The molecule has 1 aliphatic carbocycles. The van der Waals surface area contributed by atoms with Gasteiger partial charge in [-0.1, -0.05) is 0 Å². The zero-order valence-corrected chi connectivity index (χ0v) is 13.7. The van der Waals surface area contributed by atoms with Crippen LogP contribution in [-0.2, 0) is 38.1 Å². The van der Waals surface area contributed by atoms with Crippen molar-refractivity contribution in [1.82, 2.24) is 0 Å². The van der Waals surface area contributed by atoms with Gasteiger partial charge in [0, 0.05) is 25.7 Å². The topological polar surface area (TPSA) is 105 Å². The Morgan fingerprint density at radius 2 is 1.13 bits per heavy atom. The lowest BCUT2D eigenvalue weighted by molar-refractivity contribution is -0.154. The molecule has 1 fully saturated rings. The summed E-state index contributed by atoms with van der Waals surface area (Å²) in [6.07, 6.45) is 0.192. The predicted octanol–water partition coefficient (Wildman–Crippen LogP) is 0.327. The second kappa shape index (κ2) is 8.50. The second-order valence-corrected chi connectivity index (χ2v) is 5.43. The van der Waals surface area contributed by atoms with E-state index in [0.29, 0.717) is 0 Å². The molecule has 130 valence electrons. The molecule has 1 rings (SSSR count). The lowest BCUT2D eigenvalue weighted by Gasteiger charge is -2.24. The quantitative estimate of drug-likeness (QED) is 0.507. The van der Waals surface area contributed by atoms with Crippen molar-refractivity contribution in [3.8, 4) is 0 Å². The molecule has 1 aliphatic rings. The third-order valence-electron chi connectivity index (χ3n) is 4.06. The SMILES string of the molecule is COC(=O)[C@H]1C[C@@H](C(=O)OC)[C@H](COC(C)=O)[C@@H]1COC(C)=O. The predicted molar refractivity (Wildman–Crippen MR) is 75.9 cm³/mol. The van der Waals surface area contributed by atoms with E-state index in [-0.39, 0.29) is 19.6 Å². The van der Waals surface area contributed by atoms with E-state index in [0.717, 1.165) is 0 Å². The number of rotatable bonds is 6. The smallest absolute Gasteiger partial charge is 0.309 e. The molecular weight excluding hydrogens is 308 g/mol. The molecule has 0 heterocycles. The third-order valence-corrected chi connectivity index (χ3v) is 4.06. The van der Waals surface area contributed by atoms with Crippen molar-refractivity contribution in [2.24, 2.45) is 23.7 Å². The summed E-state index contributed by atoms with van der Waals surface area (Å²) in [5.41, 5.74) is 0. The molecule has 0 spiro atoms. The number of hydrogen-bond acceptors (Lipinski definition) is 8. The fourth-order valence-corrected chi connectivity index (χ4v) is 2.97. The normalized spacial score (nSPS) is 26.3. The van der Waals surface area contributed by atoms with Gasteiger partial charge in [-0.05, 0) is 6.42 Å². The zero-order valence-electron chi connectivity index (χ0n) is 13.7. The van der Waals surface area contributed by atoms with Crippen molar-refractivity contribution in [3.63, 3.8) is 0 Å². The van der Waals surface area contributed by atoms with Gasteiger partial charge >= 0.3 is 23.9 Å². The van der Waals surface area contributed by atoms with Crippen LogP contribution in [0.25, 0.3) is 0 Å². The van der Waals surface area contributed by atoms with Crippen LogP contribution in [0.15, 0.2) is 0 Å². The maximum atomic E-state index is 12.0. The van der Waals surface area contributed by atoms with E-state index in [2.05, 4.69) is 0 Å². The summed E-state index contributed by atoms with van der Waals surface area (Å²) < 4.78 is 19.6. The third kappa shape index (κ3) is 4.94. The Balaban J connectivity index is 3.03. The molecule has 0 aromatic heterocycles. The highest BCUT2D eigenvalue weighted by Gasteiger charge is 2.51. The number of carbonyl (C=O) groups is 4. The maximum absolute atomic E-state index is 12.0. The minimum absolute atomic E-state index is 0.0610. The Morgan fingerprint density at radius 1 is 0.783 bits per heavy atom. The highest BCUT2D eigenvalue weighted by molar-refractivity contribution is 5.78. The summed E-state index contributed by atoms with van der Waals surface area (Å²) in [5, 5.41) is 0. The molecule has 0 N–H and O–H groups in total. The van der Waals surface area contributed by atoms with Gasteiger partial charge in [-0.3, -0.25) is 19.2 Å². The molecule has 8 heteroatoms. The highest BCUT2D eigenvalue weighted by atomic mass is 16.5. The van der Waals surface area contributed by atoms with Crippen LogP contribution in [0, 0.1) is 23.7 Å². The van der Waals surface area contributed by atoms with Crippen LogP contribution in [0.4, 0.5) is 0 Å². The van der Waals surface area contributed by atoms with Gasteiger partial charge in [-0.2, -0.15) is 0 Å². The standard InChI is InChI=1S/C15H22O8/c1-8(16)22-6-12-10(14(18)20-3)5-11(15(19)21-4)13(12)7-23-9(2)17/h10-13H,5-7H2,1-4H3/t10-,11+,12+,13-. The van der Waals surface area contributed by atoms with Crippen LogP contribution in [0.3, 0.4) is 0 Å². The number of esters is 4. The average molecular weight is 330 g/mol. The Hall–Kier alpha value is -2.12. The van der Waals surface area contributed by atoms with Crippen molar-refractivity contribution in [1.29, 1.82) is 0 Å². The van der Waals surface area contributed by atoms with Crippen LogP contribution in [-0.4, -0.2) is 51.3 Å². The Bertz CT molecular complexity index is 430. The van der Waals surface area contributed by atoms with Gasteiger partial charge in [0.15, 0.2) is 0 Å². The monoisotopic (exact) mass is 330 g/mol. The number of hydrogen-bond donors (Lipinski definition) is 0. The fraction of sp³-hybridized carbons (Fsp3) is 0.733. The molecule has 4 atom stereocenters. The summed E-state index contributed by atoms with van der Waals surface area (Å²) in [6.45, 7) is 2.38. The molecule has 0 unspecified atom stereocenters. The minimum atomic E-state index is -0.635. The van der Waals surface area contributed by atoms with Gasteiger partial charge in [0.25, 0.3) is 0 Å². The first-order chi connectivity index (χ1) is 10.8. The summed E-state index contributed by atoms with van der Waals surface area (Å²) in [4.78, 5) is 46.1. The van der Waals surface area contributed by atoms with Gasteiger partial charge in [-0.25, -0.2) is 0 Å². The maximum Gasteiger partial charge on any atom is 0.309 e. The van der Waals surface area contributed by atoms with Gasteiger partial charge in [0.2, 0.25) is 0 Å². The van der Waals surface area contributed by atoms with Crippen molar-refractivity contribution in [3.05, 3.63) is 0 Å². The number of carbonyl (C=O) groups excluding carboxylic acids is 4. The molecule has 23 heavy (non-hydrogen) atoms. The molecule has 0 aromatic carbocycles. The molecular formula is C15H22O8. The minimum Gasteiger partial charge on any atom is -0.469 e. The number of ether oxygens (including phenoxy) is 4. The second-order valence-electron chi connectivity index (χ2n) is 5.43. The van der Waals surface area contributed by atoms with Crippen molar-refractivity contribution in [2.45, 2.75) is 20.3 Å². The van der Waals surface area contributed by atoms with Crippen molar-refractivity contribution in [2.75, 3.05) is 27.4 Å². The largest absolute Gasteiger partial charge is 0.469 e. The van der Waals surface area contributed by atoms with E-state index in [1.54, 1.807) is 0 Å². The van der Waals surface area contributed by atoms with E-state index < -0.39 is 47.5 Å². The molecule has 0 radical (unpaired) electrons. The summed E-state index contributed by atoms with van der Waals surface area (Å²) in [5.74, 6) is -4.25. The Labute approximate surface area is 134 Å². The first kappa shape index (κ1) is 18.9. The van der Waals surface area contributed by atoms with Crippen LogP contribution in [0.1, 0.15) is 20.3 Å². The van der Waals surface area contributed by atoms with E-state index >= 15 is 0 Å².